The zero-order chi connectivity index (χ0) is 23.9. The second kappa shape index (κ2) is 8.76. The minimum atomic E-state index is -4.44. The van der Waals surface area contributed by atoms with Crippen LogP contribution in [0.25, 0.3) is 33.2 Å². The first-order valence-corrected chi connectivity index (χ1v) is 10.6. The van der Waals surface area contributed by atoms with E-state index in [0.717, 1.165) is 29.0 Å². The maximum atomic E-state index is 13.0. The average molecular weight is 492 g/mol. The molecule has 33 heavy (non-hydrogen) atoms. The molecule has 0 atom stereocenters. The van der Waals surface area contributed by atoms with E-state index in [1.54, 1.807) is 24.3 Å². The molecule has 0 unspecified atom stereocenters. The minimum absolute atomic E-state index is 0.141. The van der Waals surface area contributed by atoms with Crippen LogP contribution in [0.5, 0.6) is 11.5 Å². The van der Waals surface area contributed by atoms with Crippen LogP contribution in [0, 0.1) is 6.92 Å². The highest BCUT2D eigenvalue weighted by molar-refractivity contribution is 6.39. The number of nitrogens with zero attached hydrogens (tertiary/aromatic N) is 1. The van der Waals surface area contributed by atoms with Crippen molar-refractivity contribution in [3.63, 3.8) is 0 Å². The lowest BCUT2D eigenvalue weighted by molar-refractivity contribution is -0.137. The third kappa shape index (κ3) is 4.33. The Morgan fingerprint density at radius 1 is 0.818 bits per heavy atom. The standard InChI is InChI=1S/C25H18Cl2F3NO2/c1-13-23(24(27)18-11-19(26)22(33-3)12-20(18)31-13)15-6-4-14(5-7-15)17-9-8-16(25(28,29)30)10-21(17)32-2/h4-12H,1-3H3. The Kier molecular flexibility index (Phi) is 6.16. The highest BCUT2D eigenvalue weighted by Gasteiger charge is 2.31. The van der Waals surface area contributed by atoms with Gasteiger partial charge in [-0.05, 0) is 36.2 Å². The molecule has 0 aliphatic rings. The number of halogens is 5. The third-order valence-electron chi connectivity index (χ3n) is 5.39. The Morgan fingerprint density at radius 2 is 1.45 bits per heavy atom. The molecular weight excluding hydrogens is 474 g/mol. The van der Waals surface area contributed by atoms with E-state index in [1.165, 1.54) is 20.3 Å². The lowest BCUT2D eigenvalue weighted by Gasteiger charge is -2.15. The van der Waals surface area contributed by atoms with Crippen LogP contribution in [0.1, 0.15) is 11.3 Å². The van der Waals surface area contributed by atoms with Gasteiger partial charge in [0.2, 0.25) is 0 Å². The van der Waals surface area contributed by atoms with Crippen molar-refractivity contribution in [3.8, 4) is 33.8 Å². The molecule has 0 spiro atoms. The van der Waals surface area contributed by atoms with Crippen LogP contribution in [0.4, 0.5) is 13.2 Å². The summed E-state index contributed by atoms with van der Waals surface area (Å²) in [5.41, 5.74) is 3.44. The number of ether oxygens (including phenoxy) is 2. The highest BCUT2D eigenvalue weighted by atomic mass is 35.5. The summed E-state index contributed by atoms with van der Waals surface area (Å²) in [6.07, 6.45) is -4.44. The predicted octanol–water partition coefficient (Wildman–Crippen LogP) is 8.22. The lowest BCUT2D eigenvalue weighted by Crippen LogP contribution is -2.05. The molecule has 0 saturated carbocycles. The van der Waals surface area contributed by atoms with Gasteiger partial charge in [-0.25, -0.2) is 0 Å². The van der Waals surface area contributed by atoms with Gasteiger partial charge >= 0.3 is 6.18 Å². The fourth-order valence-electron chi connectivity index (χ4n) is 3.76. The van der Waals surface area contributed by atoms with E-state index in [4.69, 9.17) is 32.7 Å². The molecule has 4 rings (SSSR count). The number of aromatic nitrogens is 1. The van der Waals surface area contributed by atoms with Crippen LogP contribution < -0.4 is 9.47 Å². The van der Waals surface area contributed by atoms with E-state index in [-0.39, 0.29) is 5.75 Å². The number of benzene rings is 3. The Labute approximate surface area is 198 Å². The first-order chi connectivity index (χ1) is 15.6. The Morgan fingerprint density at radius 3 is 2.06 bits per heavy atom. The third-order valence-corrected chi connectivity index (χ3v) is 6.08. The summed E-state index contributed by atoms with van der Waals surface area (Å²) in [5, 5.41) is 1.62. The summed E-state index contributed by atoms with van der Waals surface area (Å²) < 4.78 is 49.6. The molecule has 8 heteroatoms. The van der Waals surface area contributed by atoms with E-state index < -0.39 is 11.7 Å². The van der Waals surface area contributed by atoms with Crippen molar-refractivity contribution >= 4 is 34.1 Å². The lowest BCUT2D eigenvalue weighted by atomic mass is 9.97. The number of alkyl halides is 3. The molecular formula is C25H18Cl2F3NO2. The largest absolute Gasteiger partial charge is 0.496 e. The molecule has 3 aromatic carbocycles. The monoisotopic (exact) mass is 491 g/mol. The molecule has 0 bridgehead atoms. The molecule has 0 fully saturated rings. The zero-order valence-electron chi connectivity index (χ0n) is 17.8. The molecule has 0 aliphatic carbocycles. The number of methoxy groups -OCH3 is 2. The molecule has 1 aromatic heterocycles. The van der Waals surface area contributed by atoms with Crippen LogP contribution in [-0.2, 0) is 6.18 Å². The predicted molar refractivity (Wildman–Crippen MR) is 125 cm³/mol. The van der Waals surface area contributed by atoms with Crippen molar-refractivity contribution in [3.05, 3.63) is 75.9 Å². The van der Waals surface area contributed by atoms with Crippen molar-refractivity contribution in [1.82, 2.24) is 4.98 Å². The second-order valence-electron chi connectivity index (χ2n) is 7.38. The number of aryl methyl sites for hydroxylation is 1. The number of rotatable bonds is 4. The number of hydrogen-bond acceptors (Lipinski definition) is 3. The highest BCUT2D eigenvalue weighted by Crippen LogP contribution is 2.41. The van der Waals surface area contributed by atoms with Gasteiger partial charge in [0.1, 0.15) is 11.5 Å². The molecule has 1 heterocycles. The van der Waals surface area contributed by atoms with Crippen molar-refractivity contribution in [2.75, 3.05) is 14.2 Å². The van der Waals surface area contributed by atoms with Gasteiger partial charge in [-0.2, -0.15) is 13.2 Å². The number of fused-ring (bicyclic) bond motifs is 1. The first kappa shape index (κ1) is 23.2. The fraction of sp³-hybridized carbons (Fsp3) is 0.160. The zero-order valence-corrected chi connectivity index (χ0v) is 19.4. The summed E-state index contributed by atoms with van der Waals surface area (Å²) >= 11 is 13.0. The SMILES string of the molecule is COc1cc2nc(C)c(-c3ccc(-c4ccc(C(F)(F)F)cc4OC)cc3)c(Cl)c2cc1Cl. The van der Waals surface area contributed by atoms with Crippen molar-refractivity contribution in [1.29, 1.82) is 0 Å². The van der Waals surface area contributed by atoms with E-state index >= 15 is 0 Å². The number of pyridine rings is 1. The van der Waals surface area contributed by atoms with Gasteiger partial charge in [-0.1, -0.05) is 53.5 Å². The van der Waals surface area contributed by atoms with Gasteiger partial charge in [0.25, 0.3) is 0 Å². The van der Waals surface area contributed by atoms with Crippen molar-refractivity contribution in [2.45, 2.75) is 13.1 Å². The smallest absolute Gasteiger partial charge is 0.416 e. The minimum Gasteiger partial charge on any atom is -0.496 e. The van der Waals surface area contributed by atoms with Gasteiger partial charge in [0.15, 0.2) is 0 Å². The molecule has 0 amide bonds. The van der Waals surface area contributed by atoms with Crippen LogP contribution in [0.15, 0.2) is 54.6 Å². The van der Waals surface area contributed by atoms with Crippen LogP contribution in [-0.4, -0.2) is 19.2 Å². The van der Waals surface area contributed by atoms with Crippen molar-refractivity contribution in [2.24, 2.45) is 0 Å². The quantitative estimate of drug-likeness (QED) is 0.288. The molecule has 0 N–H and O–H groups in total. The van der Waals surface area contributed by atoms with Gasteiger partial charge in [-0.15, -0.1) is 0 Å². The van der Waals surface area contributed by atoms with Gasteiger partial charge in [0.05, 0.1) is 35.3 Å². The normalized spacial score (nSPS) is 11.6. The molecule has 0 radical (unpaired) electrons. The topological polar surface area (TPSA) is 31.4 Å². The van der Waals surface area contributed by atoms with Gasteiger partial charge in [0, 0.05) is 28.3 Å². The van der Waals surface area contributed by atoms with E-state index in [1.807, 2.05) is 19.1 Å². The Balaban J connectivity index is 1.78. The van der Waals surface area contributed by atoms with E-state index in [0.29, 0.717) is 37.8 Å². The first-order valence-electron chi connectivity index (χ1n) is 9.83. The van der Waals surface area contributed by atoms with E-state index in [9.17, 15) is 13.2 Å². The fourth-order valence-corrected chi connectivity index (χ4v) is 4.39. The number of hydrogen-bond donors (Lipinski definition) is 0. The molecule has 170 valence electrons. The Hall–Kier alpha value is -2.96. The summed E-state index contributed by atoms with van der Waals surface area (Å²) in [4.78, 5) is 4.65. The summed E-state index contributed by atoms with van der Waals surface area (Å²) in [5.74, 6) is 0.650. The molecule has 0 aliphatic heterocycles. The summed E-state index contributed by atoms with van der Waals surface area (Å²) in [6, 6.07) is 14.2. The van der Waals surface area contributed by atoms with Crippen molar-refractivity contribution < 1.29 is 22.6 Å². The summed E-state index contributed by atoms with van der Waals surface area (Å²) in [6.45, 7) is 1.86. The average Bonchev–Trinajstić information content (AvgIpc) is 2.79. The molecule has 3 nitrogen and oxygen atoms in total. The van der Waals surface area contributed by atoms with E-state index in [2.05, 4.69) is 4.98 Å². The molecule has 4 aromatic rings. The van der Waals surface area contributed by atoms with Gasteiger partial charge in [-0.3, -0.25) is 4.98 Å². The van der Waals surface area contributed by atoms with Gasteiger partial charge < -0.3 is 9.47 Å². The van der Waals surface area contributed by atoms with Crippen LogP contribution in [0.3, 0.4) is 0 Å². The maximum Gasteiger partial charge on any atom is 0.416 e. The second-order valence-corrected chi connectivity index (χ2v) is 8.17. The van der Waals surface area contributed by atoms with Crippen LogP contribution >= 0.6 is 23.2 Å². The Bertz CT molecular complexity index is 1350. The molecule has 0 saturated heterocycles. The summed E-state index contributed by atoms with van der Waals surface area (Å²) in [7, 11) is 2.88. The van der Waals surface area contributed by atoms with Crippen LogP contribution in [0.2, 0.25) is 10.0 Å². The maximum absolute atomic E-state index is 13.0.